The molecule has 4 amide bonds. The van der Waals surface area contributed by atoms with Gasteiger partial charge in [0.15, 0.2) is 11.5 Å². The number of anilines is 1. The van der Waals surface area contributed by atoms with Gasteiger partial charge in [0.2, 0.25) is 0 Å². The molecule has 0 bridgehead atoms. The van der Waals surface area contributed by atoms with Crippen molar-refractivity contribution in [2.24, 2.45) is 0 Å². The molecule has 0 aromatic heterocycles. The summed E-state index contributed by atoms with van der Waals surface area (Å²) in [5.74, 6) is -0.832. The van der Waals surface area contributed by atoms with E-state index in [-0.39, 0.29) is 17.2 Å². The molecule has 0 atom stereocenters. The lowest BCUT2D eigenvalue weighted by molar-refractivity contribution is -0.122. The fraction of sp³-hybridized carbons (Fsp3) is 0.148. The summed E-state index contributed by atoms with van der Waals surface area (Å²) in [7, 11) is 0. The van der Waals surface area contributed by atoms with Crippen molar-refractivity contribution in [1.82, 2.24) is 5.32 Å². The third-order valence-electron chi connectivity index (χ3n) is 5.33. The highest BCUT2D eigenvalue weighted by Gasteiger charge is 2.37. The predicted molar refractivity (Wildman–Crippen MR) is 141 cm³/mol. The molecule has 3 aromatic rings. The molecule has 1 heterocycles. The summed E-state index contributed by atoms with van der Waals surface area (Å²) in [6.07, 6.45) is 1.37. The first-order chi connectivity index (χ1) is 17.3. The Labute approximate surface area is 221 Å². The Bertz CT molecular complexity index is 1390. The standard InChI is InChI=1S/C27H22BrClN2O5/c1-3-35-23-14-17(13-22(29)24(23)36-15-18-8-4-5-10-21(18)28)12-20-25(32)30-27(34)31(26(20)33)19-9-6-7-16(2)11-19/h4-14H,3,15H2,1-2H3,(H,30,32,34)/b20-12+. The van der Waals surface area contributed by atoms with Crippen LogP contribution in [-0.2, 0) is 16.2 Å². The summed E-state index contributed by atoms with van der Waals surface area (Å²) < 4.78 is 12.6. The third kappa shape index (κ3) is 5.45. The van der Waals surface area contributed by atoms with Gasteiger partial charge in [-0.3, -0.25) is 14.9 Å². The normalized spacial score (nSPS) is 14.7. The predicted octanol–water partition coefficient (Wildman–Crippen LogP) is 6.06. The lowest BCUT2D eigenvalue weighted by Crippen LogP contribution is -2.54. The van der Waals surface area contributed by atoms with E-state index in [0.717, 1.165) is 20.5 Å². The number of hydrogen-bond acceptors (Lipinski definition) is 5. The van der Waals surface area contributed by atoms with Gasteiger partial charge in [-0.2, -0.15) is 0 Å². The van der Waals surface area contributed by atoms with Crippen molar-refractivity contribution < 1.29 is 23.9 Å². The van der Waals surface area contributed by atoms with E-state index in [1.807, 2.05) is 44.2 Å². The summed E-state index contributed by atoms with van der Waals surface area (Å²) in [6, 6.07) is 16.9. The Kier molecular flexibility index (Phi) is 7.76. The van der Waals surface area contributed by atoms with Crippen LogP contribution in [0.5, 0.6) is 11.5 Å². The van der Waals surface area contributed by atoms with E-state index in [9.17, 15) is 14.4 Å². The Morgan fingerprint density at radius 2 is 1.81 bits per heavy atom. The van der Waals surface area contributed by atoms with Crippen molar-refractivity contribution in [2.45, 2.75) is 20.5 Å². The largest absolute Gasteiger partial charge is 0.490 e. The number of hydrogen-bond donors (Lipinski definition) is 1. The first kappa shape index (κ1) is 25.5. The highest BCUT2D eigenvalue weighted by Crippen LogP contribution is 2.38. The van der Waals surface area contributed by atoms with Gasteiger partial charge in [-0.15, -0.1) is 0 Å². The Morgan fingerprint density at radius 1 is 1.03 bits per heavy atom. The summed E-state index contributed by atoms with van der Waals surface area (Å²) in [4.78, 5) is 39.2. The van der Waals surface area contributed by atoms with Crippen molar-refractivity contribution in [3.8, 4) is 11.5 Å². The number of aryl methyl sites for hydroxylation is 1. The summed E-state index contributed by atoms with van der Waals surface area (Å²) >= 11 is 10.0. The van der Waals surface area contributed by atoms with Crippen LogP contribution in [0.2, 0.25) is 5.02 Å². The molecule has 3 aromatic carbocycles. The van der Waals surface area contributed by atoms with Crippen LogP contribution >= 0.6 is 27.5 Å². The number of urea groups is 1. The second-order valence-corrected chi connectivity index (χ2v) is 9.20. The SMILES string of the molecule is CCOc1cc(/C=C2\C(=O)NC(=O)N(c3cccc(C)c3)C2=O)cc(Cl)c1OCc1ccccc1Br. The van der Waals surface area contributed by atoms with Gasteiger partial charge in [-0.25, -0.2) is 9.69 Å². The first-order valence-electron chi connectivity index (χ1n) is 11.1. The van der Waals surface area contributed by atoms with E-state index >= 15 is 0 Å². The molecule has 7 nitrogen and oxygen atoms in total. The van der Waals surface area contributed by atoms with E-state index in [1.54, 1.807) is 30.3 Å². The van der Waals surface area contributed by atoms with Crippen LogP contribution in [0.3, 0.4) is 0 Å². The van der Waals surface area contributed by atoms with Gasteiger partial charge >= 0.3 is 6.03 Å². The number of rotatable bonds is 7. The van der Waals surface area contributed by atoms with Crippen molar-refractivity contribution in [3.05, 3.63) is 92.4 Å². The average molecular weight is 570 g/mol. The first-order valence-corrected chi connectivity index (χ1v) is 12.3. The maximum absolute atomic E-state index is 13.2. The lowest BCUT2D eigenvalue weighted by Gasteiger charge is -2.26. The van der Waals surface area contributed by atoms with Gasteiger partial charge in [0.25, 0.3) is 11.8 Å². The Hall–Kier alpha value is -3.62. The van der Waals surface area contributed by atoms with Crippen molar-refractivity contribution in [2.75, 3.05) is 11.5 Å². The summed E-state index contributed by atoms with van der Waals surface area (Å²) in [6.45, 7) is 4.25. The van der Waals surface area contributed by atoms with Gasteiger partial charge in [0.1, 0.15) is 12.2 Å². The number of nitrogens with one attached hydrogen (secondary N) is 1. The Balaban J connectivity index is 1.67. The highest BCUT2D eigenvalue weighted by atomic mass is 79.9. The van der Waals surface area contributed by atoms with Crippen molar-refractivity contribution in [3.63, 3.8) is 0 Å². The molecule has 0 unspecified atom stereocenters. The van der Waals surface area contributed by atoms with Crippen LogP contribution in [-0.4, -0.2) is 24.5 Å². The fourth-order valence-electron chi connectivity index (χ4n) is 3.67. The molecular weight excluding hydrogens is 548 g/mol. The van der Waals surface area contributed by atoms with Crippen molar-refractivity contribution in [1.29, 1.82) is 0 Å². The molecule has 1 fully saturated rings. The number of amides is 4. The summed E-state index contributed by atoms with van der Waals surface area (Å²) in [5.41, 5.74) is 2.37. The van der Waals surface area contributed by atoms with E-state index in [2.05, 4.69) is 21.2 Å². The van der Waals surface area contributed by atoms with E-state index in [1.165, 1.54) is 6.08 Å². The number of barbiturate groups is 1. The van der Waals surface area contributed by atoms with Crippen LogP contribution in [0.4, 0.5) is 10.5 Å². The van der Waals surface area contributed by atoms with Crippen LogP contribution < -0.4 is 19.7 Å². The molecule has 0 aliphatic carbocycles. The van der Waals surface area contributed by atoms with Crippen LogP contribution in [0.15, 0.2) is 70.7 Å². The zero-order valence-corrected chi connectivity index (χ0v) is 21.9. The molecule has 36 heavy (non-hydrogen) atoms. The highest BCUT2D eigenvalue weighted by molar-refractivity contribution is 9.10. The van der Waals surface area contributed by atoms with Gasteiger partial charge in [0.05, 0.1) is 17.3 Å². The zero-order chi connectivity index (χ0) is 25.8. The van der Waals surface area contributed by atoms with Crippen LogP contribution in [0.1, 0.15) is 23.6 Å². The minimum atomic E-state index is -0.809. The average Bonchev–Trinajstić information content (AvgIpc) is 2.82. The maximum Gasteiger partial charge on any atom is 0.335 e. The van der Waals surface area contributed by atoms with Gasteiger partial charge in [0, 0.05) is 10.0 Å². The molecule has 1 aliphatic heterocycles. The third-order valence-corrected chi connectivity index (χ3v) is 6.39. The molecular formula is C27H22BrClN2O5. The number of imide groups is 2. The smallest absolute Gasteiger partial charge is 0.335 e. The minimum absolute atomic E-state index is 0.212. The van der Waals surface area contributed by atoms with Crippen molar-refractivity contribution >= 4 is 57.1 Å². The number of halogens is 2. The number of carbonyl (C=O) groups excluding carboxylic acids is 3. The van der Waals surface area contributed by atoms with Gasteiger partial charge < -0.3 is 9.47 Å². The molecule has 1 aliphatic rings. The number of benzene rings is 3. The molecule has 0 saturated carbocycles. The molecule has 184 valence electrons. The minimum Gasteiger partial charge on any atom is -0.490 e. The van der Waals surface area contributed by atoms with Crippen LogP contribution in [0, 0.1) is 6.92 Å². The molecule has 0 spiro atoms. The topological polar surface area (TPSA) is 84.9 Å². The molecule has 1 saturated heterocycles. The van der Waals surface area contributed by atoms with Gasteiger partial charge in [-0.05, 0) is 61.4 Å². The second kappa shape index (κ2) is 11.0. The second-order valence-electron chi connectivity index (χ2n) is 7.94. The lowest BCUT2D eigenvalue weighted by atomic mass is 10.1. The van der Waals surface area contributed by atoms with Gasteiger partial charge in [-0.1, -0.05) is 57.9 Å². The summed E-state index contributed by atoms with van der Waals surface area (Å²) in [5, 5.41) is 2.47. The quantitative estimate of drug-likeness (QED) is 0.276. The zero-order valence-electron chi connectivity index (χ0n) is 19.5. The van der Waals surface area contributed by atoms with E-state index < -0.39 is 17.8 Å². The maximum atomic E-state index is 13.2. The number of ether oxygens (including phenoxy) is 2. The molecule has 1 N–H and O–H groups in total. The van der Waals surface area contributed by atoms with E-state index in [0.29, 0.717) is 29.4 Å². The van der Waals surface area contributed by atoms with E-state index in [4.69, 9.17) is 21.1 Å². The molecule has 0 radical (unpaired) electrons. The Morgan fingerprint density at radius 3 is 2.53 bits per heavy atom. The fourth-order valence-corrected chi connectivity index (χ4v) is 4.34. The monoisotopic (exact) mass is 568 g/mol. The van der Waals surface area contributed by atoms with Crippen LogP contribution in [0.25, 0.3) is 6.08 Å². The number of nitrogens with zero attached hydrogens (tertiary/aromatic N) is 1. The number of carbonyl (C=O) groups is 3. The molecule has 4 rings (SSSR count). The molecule has 9 heteroatoms.